The highest BCUT2D eigenvalue weighted by atomic mass is 32.1. The highest BCUT2D eigenvalue weighted by molar-refractivity contribution is 7.13. The molecule has 8 heteroatoms. The average molecular weight is 358 g/mol. The van der Waals surface area contributed by atoms with Crippen molar-refractivity contribution in [2.75, 3.05) is 13.7 Å². The standard InChI is InChI=1S/C17H18N4O3S/c1-10-15-11(17(23)18-7-6-14(22)24-3)9-12(13-5-4-8-25-13)19-16(15)21(2)20-10/h4-5,8-9H,6-7H2,1-3H3,(H,18,23). The minimum atomic E-state index is -0.364. The highest BCUT2D eigenvalue weighted by Crippen LogP contribution is 2.29. The minimum Gasteiger partial charge on any atom is -0.469 e. The maximum atomic E-state index is 12.7. The molecule has 0 fully saturated rings. The Morgan fingerprint density at radius 1 is 1.40 bits per heavy atom. The van der Waals surface area contributed by atoms with Crippen molar-refractivity contribution in [3.8, 4) is 10.6 Å². The molecule has 1 N–H and O–H groups in total. The maximum Gasteiger partial charge on any atom is 0.307 e. The Hall–Kier alpha value is -2.74. The van der Waals surface area contributed by atoms with Crippen LogP contribution in [0.4, 0.5) is 0 Å². The first-order chi connectivity index (χ1) is 12.0. The van der Waals surface area contributed by atoms with E-state index in [0.29, 0.717) is 11.2 Å². The number of ether oxygens (including phenoxy) is 1. The predicted octanol–water partition coefficient (Wildman–Crippen LogP) is 2.30. The molecule has 25 heavy (non-hydrogen) atoms. The van der Waals surface area contributed by atoms with Gasteiger partial charge < -0.3 is 10.1 Å². The molecule has 130 valence electrons. The molecule has 0 saturated carbocycles. The van der Waals surface area contributed by atoms with Gasteiger partial charge in [0.2, 0.25) is 0 Å². The van der Waals surface area contributed by atoms with E-state index in [1.54, 1.807) is 29.1 Å². The zero-order valence-corrected chi connectivity index (χ0v) is 15.0. The van der Waals surface area contributed by atoms with E-state index in [9.17, 15) is 9.59 Å². The fourth-order valence-electron chi connectivity index (χ4n) is 2.65. The molecule has 0 aliphatic rings. The van der Waals surface area contributed by atoms with Gasteiger partial charge in [-0.1, -0.05) is 6.07 Å². The molecule has 0 aliphatic carbocycles. The Balaban J connectivity index is 2.00. The first-order valence-electron chi connectivity index (χ1n) is 7.74. The number of amides is 1. The van der Waals surface area contributed by atoms with Crippen molar-refractivity contribution >= 4 is 34.2 Å². The number of carbonyl (C=O) groups is 2. The molecule has 0 radical (unpaired) electrons. The largest absolute Gasteiger partial charge is 0.469 e. The third-order valence-electron chi connectivity index (χ3n) is 3.83. The summed E-state index contributed by atoms with van der Waals surface area (Å²) in [5.74, 6) is -0.623. The fraction of sp³-hybridized carbons (Fsp3) is 0.294. The number of thiophene rings is 1. The number of pyridine rings is 1. The summed E-state index contributed by atoms with van der Waals surface area (Å²) in [6, 6.07) is 5.67. The second kappa shape index (κ2) is 7.02. The number of aromatic nitrogens is 3. The first kappa shape index (κ1) is 17.1. The molecule has 0 aromatic carbocycles. The molecule has 0 unspecified atom stereocenters. The molecule has 0 aliphatic heterocycles. The molecule has 0 spiro atoms. The zero-order chi connectivity index (χ0) is 18.0. The van der Waals surface area contributed by atoms with Crippen molar-refractivity contribution in [1.29, 1.82) is 0 Å². The summed E-state index contributed by atoms with van der Waals surface area (Å²) in [7, 11) is 3.13. The van der Waals surface area contributed by atoms with E-state index in [2.05, 4.69) is 20.1 Å². The molecule has 3 aromatic heterocycles. The van der Waals surface area contributed by atoms with Crippen LogP contribution in [0, 0.1) is 6.92 Å². The van der Waals surface area contributed by atoms with Crippen LogP contribution in [0.3, 0.4) is 0 Å². The molecule has 3 rings (SSSR count). The number of fused-ring (bicyclic) bond motifs is 1. The van der Waals surface area contributed by atoms with Gasteiger partial charge in [0, 0.05) is 13.6 Å². The van der Waals surface area contributed by atoms with E-state index >= 15 is 0 Å². The number of nitrogens with one attached hydrogen (secondary N) is 1. The Bertz CT molecular complexity index is 931. The van der Waals surface area contributed by atoms with E-state index in [1.807, 2.05) is 24.4 Å². The molecule has 3 heterocycles. The van der Waals surface area contributed by atoms with E-state index in [-0.39, 0.29) is 24.8 Å². The van der Waals surface area contributed by atoms with E-state index in [1.165, 1.54) is 7.11 Å². The summed E-state index contributed by atoms with van der Waals surface area (Å²) < 4.78 is 6.26. The Morgan fingerprint density at radius 3 is 2.88 bits per heavy atom. The van der Waals surface area contributed by atoms with Crippen molar-refractivity contribution < 1.29 is 14.3 Å². The van der Waals surface area contributed by atoms with Gasteiger partial charge in [0.05, 0.1) is 40.7 Å². The molecular weight excluding hydrogens is 340 g/mol. The number of methoxy groups -OCH3 is 1. The van der Waals surface area contributed by atoms with Crippen LogP contribution in [0.25, 0.3) is 21.6 Å². The lowest BCUT2D eigenvalue weighted by molar-refractivity contribution is -0.140. The number of aryl methyl sites for hydroxylation is 2. The maximum absolute atomic E-state index is 12.7. The number of carbonyl (C=O) groups excluding carboxylic acids is 2. The lowest BCUT2D eigenvalue weighted by Gasteiger charge is -2.08. The molecule has 1 amide bonds. The van der Waals surface area contributed by atoms with Gasteiger partial charge in [0.1, 0.15) is 0 Å². The van der Waals surface area contributed by atoms with Crippen molar-refractivity contribution in [3.05, 3.63) is 34.8 Å². The third-order valence-corrected chi connectivity index (χ3v) is 4.72. The van der Waals surface area contributed by atoms with Gasteiger partial charge in [-0.05, 0) is 24.4 Å². The lowest BCUT2D eigenvalue weighted by Crippen LogP contribution is -2.26. The summed E-state index contributed by atoms with van der Waals surface area (Å²) in [6.07, 6.45) is 0.125. The number of nitrogens with zero attached hydrogens (tertiary/aromatic N) is 3. The quantitative estimate of drug-likeness (QED) is 0.707. The van der Waals surface area contributed by atoms with E-state index in [0.717, 1.165) is 21.7 Å². The van der Waals surface area contributed by atoms with E-state index in [4.69, 9.17) is 0 Å². The van der Waals surface area contributed by atoms with Crippen molar-refractivity contribution in [2.45, 2.75) is 13.3 Å². The van der Waals surface area contributed by atoms with Gasteiger partial charge in [-0.15, -0.1) is 11.3 Å². The number of esters is 1. The van der Waals surface area contributed by atoms with Gasteiger partial charge in [-0.25, -0.2) is 4.98 Å². The third kappa shape index (κ3) is 3.39. The lowest BCUT2D eigenvalue weighted by atomic mass is 10.1. The highest BCUT2D eigenvalue weighted by Gasteiger charge is 2.19. The van der Waals surface area contributed by atoms with Crippen LogP contribution < -0.4 is 5.32 Å². The van der Waals surface area contributed by atoms with Crippen LogP contribution in [0.1, 0.15) is 22.5 Å². The Morgan fingerprint density at radius 2 is 2.20 bits per heavy atom. The average Bonchev–Trinajstić information content (AvgIpc) is 3.23. The SMILES string of the molecule is COC(=O)CCNC(=O)c1cc(-c2cccs2)nc2c1c(C)nn2C. The molecule has 7 nitrogen and oxygen atoms in total. The van der Waals surface area contributed by atoms with Crippen LogP contribution >= 0.6 is 11.3 Å². The summed E-state index contributed by atoms with van der Waals surface area (Å²) in [6.45, 7) is 2.06. The van der Waals surface area contributed by atoms with Crippen LogP contribution in [0.2, 0.25) is 0 Å². The summed E-state index contributed by atoms with van der Waals surface area (Å²) in [5, 5.41) is 9.83. The van der Waals surface area contributed by atoms with Gasteiger partial charge in [0.25, 0.3) is 5.91 Å². The number of rotatable bonds is 5. The van der Waals surface area contributed by atoms with Crippen LogP contribution in [0.15, 0.2) is 23.6 Å². The van der Waals surface area contributed by atoms with Crippen molar-refractivity contribution in [3.63, 3.8) is 0 Å². The molecule has 3 aromatic rings. The Labute approximate surface area is 148 Å². The van der Waals surface area contributed by atoms with Crippen LogP contribution in [0.5, 0.6) is 0 Å². The number of hydrogen-bond donors (Lipinski definition) is 1. The van der Waals surface area contributed by atoms with Gasteiger partial charge in [-0.3, -0.25) is 14.3 Å². The topological polar surface area (TPSA) is 86.1 Å². The van der Waals surface area contributed by atoms with Crippen molar-refractivity contribution in [2.24, 2.45) is 7.05 Å². The zero-order valence-electron chi connectivity index (χ0n) is 14.2. The molecule has 0 atom stereocenters. The summed E-state index contributed by atoms with van der Waals surface area (Å²) in [5.41, 5.74) is 2.62. The Kier molecular flexibility index (Phi) is 4.80. The molecule has 0 bridgehead atoms. The fourth-order valence-corrected chi connectivity index (χ4v) is 3.34. The molecule has 0 saturated heterocycles. The second-order valence-electron chi connectivity index (χ2n) is 5.52. The van der Waals surface area contributed by atoms with Gasteiger partial charge in [-0.2, -0.15) is 5.10 Å². The van der Waals surface area contributed by atoms with Crippen molar-refractivity contribution in [1.82, 2.24) is 20.1 Å². The summed E-state index contributed by atoms with van der Waals surface area (Å²) >= 11 is 1.56. The minimum absolute atomic E-state index is 0.125. The monoisotopic (exact) mass is 358 g/mol. The smallest absolute Gasteiger partial charge is 0.307 e. The van der Waals surface area contributed by atoms with E-state index < -0.39 is 0 Å². The van der Waals surface area contributed by atoms with Gasteiger partial charge >= 0.3 is 5.97 Å². The number of hydrogen-bond acceptors (Lipinski definition) is 6. The van der Waals surface area contributed by atoms with Crippen LogP contribution in [-0.2, 0) is 16.6 Å². The second-order valence-corrected chi connectivity index (χ2v) is 6.47. The van der Waals surface area contributed by atoms with Crippen LogP contribution in [-0.4, -0.2) is 40.3 Å². The van der Waals surface area contributed by atoms with Gasteiger partial charge in [0.15, 0.2) is 5.65 Å². The normalized spacial score (nSPS) is 10.8. The first-order valence-corrected chi connectivity index (χ1v) is 8.62. The summed E-state index contributed by atoms with van der Waals surface area (Å²) in [4.78, 5) is 29.5. The predicted molar refractivity (Wildman–Crippen MR) is 95.5 cm³/mol. The molecular formula is C17H18N4O3S.